The number of phenols is 2. The van der Waals surface area contributed by atoms with Gasteiger partial charge in [-0.05, 0) is 123 Å². The number of aromatic nitrogens is 1. The normalized spacial score (nSPS) is 17.7. The lowest BCUT2D eigenvalue weighted by molar-refractivity contribution is -0.154. The molecule has 0 spiro atoms. The summed E-state index contributed by atoms with van der Waals surface area (Å²) in [5, 5.41) is 41.1. The molecule has 1 fully saturated rings. The standard InChI is InChI=1S/C44H51N5O7S/c50-32-8-5-6-30(24-32)27-49-22-17-29(18-23-49)28-56-43(55)44(19-16-31-7-1-2-9-36(31)44)47-25-33-10-14-39(57-33)42(54)46-21-4-3-20-45-26-38(52)34-11-13-37(51)41-35(34)12-15-40(53)48-41/h1-2,5-15,24,29,38,45,47,50-52H,3-4,16-23,25-28H2,(H,46,54)(H,48,53). The van der Waals surface area contributed by atoms with Crippen LogP contribution >= 0.6 is 11.3 Å². The first-order chi connectivity index (χ1) is 27.7. The molecule has 2 atom stereocenters. The molecule has 300 valence electrons. The number of likely N-dealkylation sites (tertiary alicyclic amines) is 1. The van der Waals surface area contributed by atoms with Crippen LogP contribution in [0.4, 0.5) is 0 Å². The number of aromatic amines is 1. The van der Waals surface area contributed by atoms with Crippen molar-refractivity contribution in [2.24, 2.45) is 5.92 Å². The summed E-state index contributed by atoms with van der Waals surface area (Å²) in [6.45, 7) is 4.86. The molecule has 3 heterocycles. The molecule has 0 bridgehead atoms. The van der Waals surface area contributed by atoms with Crippen molar-refractivity contribution in [3.8, 4) is 11.5 Å². The van der Waals surface area contributed by atoms with E-state index in [1.54, 1.807) is 24.3 Å². The van der Waals surface area contributed by atoms with Gasteiger partial charge in [0.1, 0.15) is 17.0 Å². The Morgan fingerprint density at radius 3 is 2.63 bits per heavy atom. The Morgan fingerprint density at radius 1 is 0.965 bits per heavy atom. The van der Waals surface area contributed by atoms with E-state index in [-0.39, 0.29) is 34.9 Å². The molecule has 0 radical (unpaired) electrons. The van der Waals surface area contributed by atoms with Gasteiger partial charge in [-0.1, -0.05) is 42.5 Å². The first-order valence-electron chi connectivity index (χ1n) is 19.8. The van der Waals surface area contributed by atoms with Gasteiger partial charge < -0.3 is 35.7 Å². The molecule has 13 heteroatoms. The van der Waals surface area contributed by atoms with E-state index < -0.39 is 11.6 Å². The highest BCUT2D eigenvalue weighted by Gasteiger charge is 2.46. The number of aryl methyl sites for hydroxylation is 1. The number of unbranched alkanes of at least 4 members (excludes halogenated alkanes) is 1. The third kappa shape index (κ3) is 9.74. The third-order valence-electron chi connectivity index (χ3n) is 11.2. The van der Waals surface area contributed by atoms with Crippen LogP contribution in [-0.4, -0.2) is 76.4 Å². The van der Waals surface area contributed by atoms with Gasteiger partial charge in [0.25, 0.3) is 5.91 Å². The van der Waals surface area contributed by atoms with E-state index in [1.807, 2.05) is 42.5 Å². The summed E-state index contributed by atoms with van der Waals surface area (Å²) in [4.78, 5) is 45.2. The van der Waals surface area contributed by atoms with Crippen molar-refractivity contribution in [2.45, 2.75) is 63.3 Å². The lowest BCUT2D eigenvalue weighted by Crippen LogP contribution is -2.48. The molecule has 2 aliphatic rings. The molecule has 7 rings (SSSR count). The second-order valence-electron chi connectivity index (χ2n) is 15.1. The monoisotopic (exact) mass is 793 g/mol. The molecule has 12 nitrogen and oxygen atoms in total. The minimum Gasteiger partial charge on any atom is -0.508 e. The van der Waals surface area contributed by atoms with Crippen LogP contribution in [0.2, 0.25) is 0 Å². The zero-order chi connectivity index (χ0) is 39.8. The fraction of sp³-hybridized carbons (Fsp3) is 0.386. The minimum absolute atomic E-state index is 0.0486. The molecule has 7 N–H and O–H groups in total. The number of aliphatic hydroxyl groups excluding tert-OH is 1. The number of fused-ring (bicyclic) bond motifs is 2. The van der Waals surface area contributed by atoms with Gasteiger partial charge in [-0.2, -0.15) is 0 Å². The molecular formula is C44H51N5O7S. The molecule has 1 saturated heterocycles. The van der Waals surface area contributed by atoms with Crippen molar-refractivity contribution >= 4 is 34.1 Å². The average molecular weight is 794 g/mol. The van der Waals surface area contributed by atoms with Crippen LogP contribution < -0.4 is 21.5 Å². The number of aliphatic hydroxyl groups is 1. The summed E-state index contributed by atoms with van der Waals surface area (Å²) in [5.41, 5.74) is 2.82. The number of hydrogen-bond acceptors (Lipinski definition) is 11. The number of hydrogen-bond donors (Lipinski definition) is 7. The number of piperidine rings is 1. The quantitative estimate of drug-likeness (QED) is 0.0489. The number of esters is 1. The second kappa shape index (κ2) is 18.5. The first-order valence-corrected chi connectivity index (χ1v) is 20.6. The number of aromatic hydroxyl groups is 2. The Balaban J connectivity index is 0.846. The zero-order valence-corrected chi connectivity index (χ0v) is 32.8. The summed E-state index contributed by atoms with van der Waals surface area (Å²) < 4.78 is 6.11. The van der Waals surface area contributed by atoms with Gasteiger partial charge in [0.05, 0.1) is 23.1 Å². The van der Waals surface area contributed by atoms with Crippen molar-refractivity contribution in [3.05, 3.63) is 127 Å². The molecule has 1 aliphatic heterocycles. The van der Waals surface area contributed by atoms with Crippen LogP contribution in [0.1, 0.15) is 75.0 Å². The Morgan fingerprint density at radius 2 is 1.79 bits per heavy atom. The van der Waals surface area contributed by atoms with Crippen LogP contribution in [-0.2, 0) is 34.6 Å². The average Bonchev–Trinajstić information content (AvgIpc) is 3.85. The van der Waals surface area contributed by atoms with Crippen molar-refractivity contribution in [2.75, 3.05) is 39.3 Å². The van der Waals surface area contributed by atoms with E-state index in [2.05, 4.69) is 31.9 Å². The summed E-state index contributed by atoms with van der Waals surface area (Å²) in [6.07, 6.45) is 3.97. The first kappa shape index (κ1) is 40.2. The van der Waals surface area contributed by atoms with Crippen molar-refractivity contribution in [3.63, 3.8) is 0 Å². The minimum atomic E-state index is -0.957. The molecule has 0 saturated carbocycles. The van der Waals surface area contributed by atoms with E-state index in [1.165, 1.54) is 23.5 Å². The lowest BCUT2D eigenvalue weighted by Gasteiger charge is -2.33. The van der Waals surface area contributed by atoms with Crippen LogP contribution in [0.5, 0.6) is 11.5 Å². The lowest BCUT2D eigenvalue weighted by atomic mass is 9.91. The van der Waals surface area contributed by atoms with Gasteiger partial charge in [0.15, 0.2) is 0 Å². The van der Waals surface area contributed by atoms with E-state index in [0.717, 1.165) is 73.3 Å². The highest BCUT2D eigenvalue weighted by molar-refractivity contribution is 7.14. The van der Waals surface area contributed by atoms with Gasteiger partial charge in [-0.25, -0.2) is 4.79 Å². The molecule has 2 unspecified atom stereocenters. The number of nitrogens with zero attached hydrogens (tertiary/aromatic N) is 1. The number of carbonyl (C=O) groups excluding carboxylic acids is 2. The predicted molar refractivity (Wildman–Crippen MR) is 220 cm³/mol. The maximum absolute atomic E-state index is 14.0. The fourth-order valence-corrected chi connectivity index (χ4v) is 8.88. The van der Waals surface area contributed by atoms with Crippen LogP contribution in [0, 0.1) is 5.92 Å². The predicted octanol–water partition coefficient (Wildman–Crippen LogP) is 5.22. The Kier molecular flexibility index (Phi) is 13.0. The number of phenolic OH excluding ortho intramolecular Hbond substituents is 2. The molecule has 57 heavy (non-hydrogen) atoms. The van der Waals surface area contributed by atoms with Gasteiger partial charge in [-0.3, -0.25) is 19.8 Å². The number of nitrogens with one attached hydrogen (secondary N) is 4. The van der Waals surface area contributed by atoms with Crippen molar-refractivity contribution in [1.29, 1.82) is 0 Å². The number of H-pyrrole nitrogens is 1. The third-order valence-corrected chi connectivity index (χ3v) is 12.3. The molecule has 1 aliphatic carbocycles. The van der Waals surface area contributed by atoms with E-state index in [4.69, 9.17) is 4.74 Å². The molecule has 2 aromatic heterocycles. The van der Waals surface area contributed by atoms with Gasteiger partial charge >= 0.3 is 5.97 Å². The summed E-state index contributed by atoms with van der Waals surface area (Å²) in [7, 11) is 0. The van der Waals surface area contributed by atoms with Gasteiger partial charge in [0, 0.05) is 42.5 Å². The molecule has 5 aromatic rings. The maximum atomic E-state index is 14.0. The highest BCUT2D eigenvalue weighted by atomic mass is 32.1. The Bertz CT molecular complexity index is 2230. The number of ether oxygens (including phenoxy) is 1. The number of amides is 1. The second-order valence-corrected chi connectivity index (χ2v) is 16.3. The molecule has 1 amide bonds. The van der Waals surface area contributed by atoms with Crippen molar-refractivity contribution in [1.82, 2.24) is 25.8 Å². The smallest absolute Gasteiger partial charge is 0.331 e. The zero-order valence-electron chi connectivity index (χ0n) is 32.0. The number of carbonyl (C=O) groups is 2. The number of pyridine rings is 1. The molecule has 3 aromatic carbocycles. The van der Waals surface area contributed by atoms with Crippen LogP contribution in [0.3, 0.4) is 0 Å². The Hall–Kier alpha value is -5.05. The van der Waals surface area contributed by atoms with E-state index in [0.29, 0.717) is 60.6 Å². The van der Waals surface area contributed by atoms with E-state index >= 15 is 0 Å². The Labute approximate surface area is 335 Å². The summed E-state index contributed by atoms with van der Waals surface area (Å²) in [6, 6.07) is 25.3. The molecular weight excluding hydrogens is 743 g/mol. The SMILES string of the molecule is O=C(NCCCCNCC(O)c1ccc(O)c2[nH]c(=O)ccc12)c1ccc(CNC2(C(=O)OCC3CCN(Cc4cccc(O)c4)CC3)CCc3ccccc32)s1. The number of rotatable bonds is 17. The van der Waals surface area contributed by atoms with Crippen LogP contribution in [0.15, 0.2) is 89.7 Å². The van der Waals surface area contributed by atoms with Gasteiger partial charge in [-0.15, -0.1) is 11.3 Å². The van der Waals surface area contributed by atoms with Crippen molar-refractivity contribution < 1.29 is 29.6 Å². The van der Waals surface area contributed by atoms with E-state index in [9.17, 15) is 29.7 Å². The largest absolute Gasteiger partial charge is 0.508 e. The highest BCUT2D eigenvalue weighted by Crippen LogP contribution is 2.39. The number of benzene rings is 3. The van der Waals surface area contributed by atoms with Crippen LogP contribution in [0.25, 0.3) is 10.9 Å². The summed E-state index contributed by atoms with van der Waals surface area (Å²) >= 11 is 1.41. The summed E-state index contributed by atoms with van der Waals surface area (Å²) in [5.74, 6) is 0.133. The fourth-order valence-electron chi connectivity index (χ4n) is 8.02. The van der Waals surface area contributed by atoms with Gasteiger partial charge in [0.2, 0.25) is 5.56 Å². The number of thiophene rings is 1. The topological polar surface area (TPSA) is 176 Å². The maximum Gasteiger partial charge on any atom is 0.331 e.